The Balaban J connectivity index is 1.64. The summed E-state index contributed by atoms with van der Waals surface area (Å²) in [5.74, 6) is 1.55. The van der Waals surface area contributed by atoms with Crippen LogP contribution in [0.5, 0.6) is 0 Å². The Hall–Kier alpha value is -3.15. The second kappa shape index (κ2) is 6.53. The zero-order valence-corrected chi connectivity index (χ0v) is 12.0. The molecule has 0 aliphatic rings. The molecule has 2 heterocycles. The molecule has 0 saturated carbocycles. The maximum Gasteiger partial charge on any atom is 0.181 e. The normalized spacial score (nSPS) is 10.8. The van der Waals surface area contributed by atoms with Crippen LogP contribution in [0.3, 0.4) is 0 Å². The monoisotopic (exact) mass is 293 g/mol. The van der Waals surface area contributed by atoms with Crippen molar-refractivity contribution in [3.63, 3.8) is 0 Å². The maximum atomic E-state index is 5.25. The van der Waals surface area contributed by atoms with Crippen LogP contribution in [0.25, 0.3) is 11.3 Å². The minimum atomic E-state index is 0.742. The molecule has 2 N–H and O–H groups in total. The van der Waals surface area contributed by atoms with Crippen molar-refractivity contribution in [3.8, 4) is 11.3 Å². The van der Waals surface area contributed by atoms with Crippen molar-refractivity contribution < 1.29 is 4.42 Å². The zero-order chi connectivity index (χ0) is 15.2. The molecule has 6 heteroatoms. The minimum Gasteiger partial charge on any atom is -0.444 e. The van der Waals surface area contributed by atoms with Gasteiger partial charge in [0, 0.05) is 18.8 Å². The van der Waals surface area contributed by atoms with E-state index in [1.165, 1.54) is 6.39 Å². The van der Waals surface area contributed by atoms with Gasteiger partial charge in [0.15, 0.2) is 12.2 Å². The Morgan fingerprint density at radius 1 is 1.18 bits per heavy atom. The summed E-state index contributed by atoms with van der Waals surface area (Å²) in [5.41, 5.74) is 5.81. The molecule has 0 amide bonds. The number of hydrogen-bond acceptors (Lipinski definition) is 6. The standard InChI is InChI=1S/C16H15N5O/c1-17-16-8-12(6-7-19-16)9-20-21-14-4-2-13(3-5-14)15-10-18-11-22-15/h2-11,21H,1H3,(H,17,19)/b20-9+. The summed E-state index contributed by atoms with van der Waals surface area (Å²) < 4.78 is 5.25. The Morgan fingerprint density at radius 2 is 2.05 bits per heavy atom. The number of oxazole rings is 1. The zero-order valence-electron chi connectivity index (χ0n) is 12.0. The second-order valence-corrected chi connectivity index (χ2v) is 4.54. The number of aromatic nitrogens is 2. The highest BCUT2D eigenvalue weighted by atomic mass is 16.3. The van der Waals surface area contributed by atoms with Crippen molar-refractivity contribution in [3.05, 3.63) is 60.7 Å². The molecule has 6 nitrogen and oxygen atoms in total. The van der Waals surface area contributed by atoms with Gasteiger partial charge in [-0.1, -0.05) is 0 Å². The van der Waals surface area contributed by atoms with Crippen molar-refractivity contribution in [1.82, 2.24) is 9.97 Å². The van der Waals surface area contributed by atoms with E-state index in [9.17, 15) is 0 Å². The van der Waals surface area contributed by atoms with E-state index >= 15 is 0 Å². The first-order chi connectivity index (χ1) is 10.8. The van der Waals surface area contributed by atoms with Crippen LogP contribution in [-0.2, 0) is 0 Å². The van der Waals surface area contributed by atoms with Crippen LogP contribution in [0.1, 0.15) is 5.56 Å². The highest BCUT2D eigenvalue weighted by Crippen LogP contribution is 2.20. The van der Waals surface area contributed by atoms with Gasteiger partial charge in [0.2, 0.25) is 0 Å². The van der Waals surface area contributed by atoms with Gasteiger partial charge in [-0.05, 0) is 42.0 Å². The van der Waals surface area contributed by atoms with Gasteiger partial charge >= 0.3 is 0 Å². The highest BCUT2D eigenvalue weighted by Gasteiger charge is 2.00. The third-order valence-corrected chi connectivity index (χ3v) is 3.05. The van der Waals surface area contributed by atoms with Crippen molar-refractivity contribution in [2.75, 3.05) is 17.8 Å². The molecule has 110 valence electrons. The molecule has 0 spiro atoms. The lowest BCUT2D eigenvalue weighted by molar-refractivity contribution is 0.572. The fourth-order valence-electron chi connectivity index (χ4n) is 1.91. The molecule has 0 bridgehead atoms. The third-order valence-electron chi connectivity index (χ3n) is 3.05. The van der Waals surface area contributed by atoms with Crippen LogP contribution in [-0.4, -0.2) is 23.2 Å². The lowest BCUT2D eigenvalue weighted by Gasteiger charge is -2.02. The number of benzene rings is 1. The number of nitrogens with one attached hydrogen (secondary N) is 2. The SMILES string of the molecule is CNc1cc(/C=N/Nc2ccc(-c3cnco3)cc2)ccn1. The Morgan fingerprint density at radius 3 is 2.77 bits per heavy atom. The van der Waals surface area contributed by atoms with E-state index in [0.717, 1.165) is 28.4 Å². The molecule has 3 aromatic rings. The van der Waals surface area contributed by atoms with Gasteiger partial charge < -0.3 is 9.73 Å². The summed E-state index contributed by atoms with van der Waals surface area (Å²) in [4.78, 5) is 8.05. The van der Waals surface area contributed by atoms with E-state index < -0.39 is 0 Å². The van der Waals surface area contributed by atoms with Crippen molar-refractivity contribution in [2.45, 2.75) is 0 Å². The number of hydrazone groups is 1. The summed E-state index contributed by atoms with van der Waals surface area (Å²) in [6.45, 7) is 0. The molecule has 0 saturated heterocycles. The Labute approximate surface area is 127 Å². The second-order valence-electron chi connectivity index (χ2n) is 4.54. The van der Waals surface area contributed by atoms with E-state index in [2.05, 4.69) is 25.8 Å². The largest absolute Gasteiger partial charge is 0.444 e. The molecule has 0 atom stereocenters. The summed E-state index contributed by atoms with van der Waals surface area (Å²) in [7, 11) is 1.83. The van der Waals surface area contributed by atoms with Crippen LogP contribution < -0.4 is 10.7 Å². The molecule has 0 aliphatic heterocycles. The first kappa shape index (κ1) is 13.8. The molecule has 3 rings (SSSR count). The first-order valence-corrected chi connectivity index (χ1v) is 6.77. The van der Waals surface area contributed by atoms with Gasteiger partial charge in [-0.3, -0.25) is 5.43 Å². The Kier molecular flexibility index (Phi) is 4.10. The third kappa shape index (κ3) is 3.29. The molecule has 1 aromatic carbocycles. The summed E-state index contributed by atoms with van der Waals surface area (Å²) >= 11 is 0. The van der Waals surface area contributed by atoms with E-state index in [0.29, 0.717) is 0 Å². The first-order valence-electron chi connectivity index (χ1n) is 6.77. The smallest absolute Gasteiger partial charge is 0.181 e. The van der Waals surface area contributed by atoms with Crippen molar-refractivity contribution in [2.24, 2.45) is 5.10 Å². The highest BCUT2D eigenvalue weighted by molar-refractivity contribution is 5.81. The maximum absolute atomic E-state index is 5.25. The van der Waals surface area contributed by atoms with E-state index in [-0.39, 0.29) is 0 Å². The van der Waals surface area contributed by atoms with Gasteiger partial charge in [0.1, 0.15) is 5.82 Å². The van der Waals surface area contributed by atoms with Gasteiger partial charge in [-0.25, -0.2) is 9.97 Å². The molecule has 22 heavy (non-hydrogen) atoms. The van der Waals surface area contributed by atoms with Crippen LogP contribution in [0, 0.1) is 0 Å². The molecule has 0 radical (unpaired) electrons. The summed E-state index contributed by atoms with van der Waals surface area (Å²) in [5, 5.41) is 7.20. The van der Waals surface area contributed by atoms with Crippen LogP contribution in [0.15, 0.2) is 64.7 Å². The fourth-order valence-corrected chi connectivity index (χ4v) is 1.91. The number of pyridine rings is 1. The van der Waals surface area contributed by atoms with Crippen LogP contribution >= 0.6 is 0 Å². The minimum absolute atomic E-state index is 0.742. The molecule has 0 fully saturated rings. The number of anilines is 2. The number of hydrogen-bond donors (Lipinski definition) is 2. The topological polar surface area (TPSA) is 75.3 Å². The average molecular weight is 293 g/mol. The van der Waals surface area contributed by atoms with E-state index in [1.807, 2.05) is 43.4 Å². The quantitative estimate of drug-likeness (QED) is 0.558. The van der Waals surface area contributed by atoms with Gasteiger partial charge in [-0.2, -0.15) is 5.10 Å². The fraction of sp³-hybridized carbons (Fsp3) is 0.0625. The van der Waals surface area contributed by atoms with E-state index in [4.69, 9.17) is 4.42 Å². The van der Waals surface area contributed by atoms with Crippen LogP contribution in [0.2, 0.25) is 0 Å². The van der Waals surface area contributed by atoms with Gasteiger partial charge in [-0.15, -0.1) is 0 Å². The molecule has 2 aromatic heterocycles. The molecular weight excluding hydrogens is 278 g/mol. The lowest BCUT2D eigenvalue weighted by atomic mass is 10.2. The van der Waals surface area contributed by atoms with Crippen molar-refractivity contribution >= 4 is 17.7 Å². The summed E-state index contributed by atoms with van der Waals surface area (Å²) in [6.07, 6.45) is 6.58. The predicted octanol–water partition coefficient (Wildman–Crippen LogP) is 3.22. The van der Waals surface area contributed by atoms with Crippen LogP contribution in [0.4, 0.5) is 11.5 Å². The van der Waals surface area contributed by atoms with Crippen molar-refractivity contribution in [1.29, 1.82) is 0 Å². The predicted molar refractivity (Wildman–Crippen MR) is 86.9 cm³/mol. The van der Waals surface area contributed by atoms with Gasteiger partial charge in [0.05, 0.1) is 18.1 Å². The molecule has 0 unspecified atom stereocenters. The number of nitrogens with zero attached hydrogens (tertiary/aromatic N) is 3. The average Bonchev–Trinajstić information content (AvgIpc) is 3.10. The summed E-state index contributed by atoms with van der Waals surface area (Å²) in [6, 6.07) is 11.6. The number of rotatable bonds is 5. The van der Waals surface area contributed by atoms with Gasteiger partial charge in [0.25, 0.3) is 0 Å². The molecular formula is C16H15N5O. The Bertz CT molecular complexity index is 750. The molecule has 0 aliphatic carbocycles. The lowest BCUT2D eigenvalue weighted by Crippen LogP contribution is -1.94. The van der Waals surface area contributed by atoms with E-state index in [1.54, 1.807) is 18.6 Å².